The smallest absolute Gasteiger partial charge is 0.251 e. The number of aromatic nitrogens is 1. The number of ether oxygens (including phenoxy) is 1. The van der Waals surface area contributed by atoms with Gasteiger partial charge in [0.2, 0.25) is 5.91 Å². The zero-order chi connectivity index (χ0) is 16.3. The molecule has 0 aliphatic rings. The molecule has 5 heteroatoms. The van der Waals surface area contributed by atoms with Gasteiger partial charge in [-0.1, -0.05) is 12.1 Å². The summed E-state index contributed by atoms with van der Waals surface area (Å²) in [5.41, 5.74) is 1.37. The number of hydrogen-bond acceptors (Lipinski definition) is 3. The van der Waals surface area contributed by atoms with Crippen molar-refractivity contribution in [2.45, 2.75) is 27.3 Å². The Hall–Kier alpha value is -2.30. The van der Waals surface area contributed by atoms with Gasteiger partial charge in [0.15, 0.2) is 0 Å². The van der Waals surface area contributed by atoms with Gasteiger partial charge in [-0.3, -0.25) is 14.2 Å². The first kappa shape index (κ1) is 16.1. The Balaban J connectivity index is 2.63. The number of fused-ring (bicyclic) bond motifs is 1. The second kappa shape index (κ2) is 6.64. The second-order valence-corrected chi connectivity index (χ2v) is 5.17. The van der Waals surface area contributed by atoms with Crippen LogP contribution in [0.25, 0.3) is 10.9 Å². The molecule has 2 aromatic rings. The number of amides is 1. The summed E-state index contributed by atoms with van der Waals surface area (Å²) in [6, 6.07) is 7.19. The Bertz CT molecular complexity index is 745. The highest BCUT2D eigenvalue weighted by Gasteiger charge is 2.16. The summed E-state index contributed by atoms with van der Waals surface area (Å²) in [5.74, 6) is 0.536. The van der Waals surface area contributed by atoms with Gasteiger partial charge in [-0.15, -0.1) is 0 Å². The van der Waals surface area contributed by atoms with Crippen LogP contribution >= 0.6 is 0 Å². The lowest BCUT2D eigenvalue weighted by Gasteiger charge is -2.21. The van der Waals surface area contributed by atoms with Gasteiger partial charge in [0, 0.05) is 24.5 Å². The second-order valence-electron chi connectivity index (χ2n) is 5.17. The molecule has 1 aromatic heterocycles. The quantitative estimate of drug-likeness (QED) is 0.850. The van der Waals surface area contributed by atoms with Gasteiger partial charge in [0.1, 0.15) is 12.3 Å². The van der Waals surface area contributed by atoms with Gasteiger partial charge in [-0.25, -0.2) is 0 Å². The van der Waals surface area contributed by atoms with Gasteiger partial charge in [-0.2, -0.15) is 0 Å². The number of likely N-dealkylation sites (N-methyl/N-ethyl adjacent to an activating group) is 1. The van der Waals surface area contributed by atoms with Crippen molar-refractivity contribution in [1.82, 2.24) is 9.47 Å². The van der Waals surface area contributed by atoms with Crippen molar-refractivity contribution in [3.8, 4) is 5.75 Å². The monoisotopic (exact) mass is 302 g/mol. The zero-order valence-corrected chi connectivity index (χ0v) is 13.5. The molecule has 1 aromatic carbocycles. The molecule has 5 nitrogen and oxygen atoms in total. The highest BCUT2D eigenvalue weighted by molar-refractivity contribution is 5.89. The number of pyridine rings is 1. The van der Waals surface area contributed by atoms with Crippen LogP contribution in [-0.2, 0) is 11.3 Å². The lowest BCUT2D eigenvalue weighted by molar-refractivity contribution is -0.131. The van der Waals surface area contributed by atoms with E-state index in [2.05, 4.69) is 0 Å². The Labute approximate surface area is 130 Å². The molecular weight excluding hydrogens is 280 g/mol. The third-order valence-electron chi connectivity index (χ3n) is 3.93. The first-order chi connectivity index (χ1) is 10.5. The van der Waals surface area contributed by atoms with E-state index in [0.29, 0.717) is 24.4 Å². The van der Waals surface area contributed by atoms with E-state index in [1.807, 2.05) is 32.9 Å². The fraction of sp³-hybridized carbons (Fsp3) is 0.412. The average molecular weight is 302 g/mol. The molecule has 0 atom stereocenters. The lowest BCUT2D eigenvalue weighted by atomic mass is 10.1. The van der Waals surface area contributed by atoms with Crippen molar-refractivity contribution < 1.29 is 9.53 Å². The van der Waals surface area contributed by atoms with Crippen LogP contribution in [0.3, 0.4) is 0 Å². The Morgan fingerprint density at radius 2 is 1.95 bits per heavy atom. The van der Waals surface area contributed by atoms with Crippen molar-refractivity contribution in [2.75, 3.05) is 20.2 Å². The average Bonchev–Trinajstić information content (AvgIpc) is 2.51. The number of carbonyl (C=O) groups excluding carboxylic acids is 1. The number of rotatable bonds is 5. The number of aryl methyl sites for hydroxylation is 1. The molecular formula is C17H22N2O3. The third-order valence-corrected chi connectivity index (χ3v) is 3.93. The number of carbonyl (C=O) groups is 1. The zero-order valence-electron chi connectivity index (χ0n) is 13.5. The largest absolute Gasteiger partial charge is 0.495 e. The van der Waals surface area contributed by atoms with E-state index >= 15 is 0 Å². The molecule has 0 N–H and O–H groups in total. The summed E-state index contributed by atoms with van der Waals surface area (Å²) in [6.45, 7) is 7.03. The van der Waals surface area contributed by atoms with Crippen molar-refractivity contribution in [3.05, 3.63) is 40.2 Å². The number of para-hydroxylation sites is 1. The predicted octanol–water partition coefficient (Wildman–Crippen LogP) is 2.19. The molecule has 0 aliphatic heterocycles. The summed E-state index contributed by atoms with van der Waals surface area (Å²) >= 11 is 0. The first-order valence-electron chi connectivity index (χ1n) is 7.48. The third kappa shape index (κ3) is 2.84. The van der Waals surface area contributed by atoms with E-state index in [1.54, 1.807) is 24.1 Å². The minimum absolute atomic E-state index is 0.0255. The normalized spacial score (nSPS) is 10.7. The molecule has 22 heavy (non-hydrogen) atoms. The highest BCUT2D eigenvalue weighted by Crippen LogP contribution is 2.26. The maximum absolute atomic E-state index is 12.4. The van der Waals surface area contributed by atoms with Crippen LogP contribution in [0.1, 0.15) is 19.4 Å². The summed E-state index contributed by atoms with van der Waals surface area (Å²) in [7, 11) is 1.57. The molecule has 0 aliphatic carbocycles. The fourth-order valence-electron chi connectivity index (χ4n) is 2.70. The predicted molar refractivity (Wildman–Crippen MR) is 87.4 cm³/mol. The fourth-order valence-corrected chi connectivity index (χ4v) is 2.70. The van der Waals surface area contributed by atoms with Crippen LogP contribution in [-0.4, -0.2) is 35.6 Å². The van der Waals surface area contributed by atoms with Gasteiger partial charge >= 0.3 is 0 Å². The van der Waals surface area contributed by atoms with Gasteiger partial charge < -0.3 is 9.64 Å². The summed E-state index contributed by atoms with van der Waals surface area (Å²) in [4.78, 5) is 26.5. The molecule has 0 saturated heterocycles. The van der Waals surface area contributed by atoms with Crippen LogP contribution in [0.15, 0.2) is 29.1 Å². The first-order valence-corrected chi connectivity index (χ1v) is 7.48. The van der Waals surface area contributed by atoms with Gasteiger partial charge in [-0.05, 0) is 32.4 Å². The Kier molecular flexibility index (Phi) is 4.85. The van der Waals surface area contributed by atoms with Crippen molar-refractivity contribution in [3.63, 3.8) is 0 Å². The van der Waals surface area contributed by atoms with Gasteiger partial charge in [0.05, 0.1) is 12.6 Å². The SMILES string of the molecule is CCN(CC)C(=O)Cn1c(=O)cc(C)c2cccc(OC)c21. The van der Waals surface area contributed by atoms with Crippen molar-refractivity contribution >= 4 is 16.8 Å². The van der Waals surface area contributed by atoms with E-state index in [9.17, 15) is 9.59 Å². The molecule has 0 radical (unpaired) electrons. The molecule has 0 saturated carbocycles. The van der Waals surface area contributed by atoms with E-state index in [-0.39, 0.29) is 18.0 Å². The minimum Gasteiger partial charge on any atom is -0.495 e. The number of benzene rings is 1. The van der Waals surface area contributed by atoms with Crippen LogP contribution in [0.4, 0.5) is 0 Å². The summed E-state index contributed by atoms with van der Waals surface area (Å²) in [5, 5.41) is 0.922. The number of hydrogen-bond donors (Lipinski definition) is 0. The highest BCUT2D eigenvalue weighted by atomic mass is 16.5. The van der Waals surface area contributed by atoms with Crippen LogP contribution in [0.5, 0.6) is 5.75 Å². The van der Waals surface area contributed by atoms with E-state index in [4.69, 9.17) is 4.74 Å². The minimum atomic E-state index is -0.185. The van der Waals surface area contributed by atoms with E-state index in [0.717, 1.165) is 10.9 Å². The Morgan fingerprint density at radius 3 is 2.55 bits per heavy atom. The molecule has 0 unspecified atom stereocenters. The topological polar surface area (TPSA) is 51.5 Å². The maximum Gasteiger partial charge on any atom is 0.251 e. The summed E-state index contributed by atoms with van der Waals surface area (Å²) < 4.78 is 6.89. The lowest BCUT2D eigenvalue weighted by Crippen LogP contribution is -2.36. The molecule has 0 spiro atoms. The standard InChI is InChI=1S/C17H22N2O3/c1-5-18(6-2)16(21)11-19-15(20)10-12(3)13-8-7-9-14(22-4)17(13)19/h7-10H,5-6,11H2,1-4H3. The summed E-state index contributed by atoms with van der Waals surface area (Å²) in [6.07, 6.45) is 0. The molecule has 0 bridgehead atoms. The molecule has 1 heterocycles. The molecule has 2 rings (SSSR count). The Morgan fingerprint density at radius 1 is 1.27 bits per heavy atom. The maximum atomic E-state index is 12.4. The van der Waals surface area contributed by atoms with E-state index in [1.165, 1.54) is 4.57 Å². The van der Waals surface area contributed by atoms with Crippen molar-refractivity contribution in [1.29, 1.82) is 0 Å². The van der Waals surface area contributed by atoms with Crippen LogP contribution < -0.4 is 10.3 Å². The van der Waals surface area contributed by atoms with Crippen LogP contribution in [0, 0.1) is 6.92 Å². The number of nitrogens with zero attached hydrogens (tertiary/aromatic N) is 2. The van der Waals surface area contributed by atoms with Crippen LogP contribution in [0.2, 0.25) is 0 Å². The molecule has 0 fully saturated rings. The molecule has 118 valence electrons. The van der Waals surface area contributed by atoms with E-state index < -0.39 is 0 Å². The molecule has 1 amide bonds. The van der Waals surface area contributed by atoms with Crippen molar-refractivity contribution in [2.24, 2.45) is 0 Å². The number of methoxy groups -OCH3 is 1. The van der Waals surface area contributed by atoms with Gasteiger partial charge in [0.25, 0.3) is 5.56 Å².